The van der Waals surface area contributed by atoms with Gasteiger partial charge in [-0.25, -0.2) is 8.42 Å². The van der Waals surface area contributed by atoms with E-state index in [0.29, 0.717) is 6.61 Å². The predicted molar refractivity (Wildman–Crippen MR) is 43.2 cm³/mol. The topological polar surface area (TPSA) is 46.7 Å². The van der Waals surface area contributed by atoms with E-state index in [9.17, 15) is 8.42 Å². The maximum atomic E-state index is 11.2. The smallest absolute Gasteiger partial charge is 0.153 e. The largest absolute Gasteiger partial charge is 0.372 e. The Kier molecular flexibility index (Phi) is 2.54. The predicted octanol–water partition coefficient (Wildman–Crippen LogP) is 0.456. The lowest BCUT2D eigenvalue weighted by molar-refractivity contribution is 0.422. The first-order valence-corrected chi connectivity index (χ1v) is 5.64. The molecule has 1 aliphatic heterocycles. The van der Waals surface area contributed by atoms with Gasteiger partial charge in [0, 0.05) is 0 Å². The van der Waals surface area contributed by atoms with Gasteiger partial charge < -0.3 is 4.74 Å². The Morgan fingerprint density at radius 3 is 2.45 bits per heavy atom. The molecule has 0 unspecified atom stereocenters. The van der Waals surface area contributed by atoms with Crippen molar-refractivity contribution in [2.75, 3.05) is 18.1 Å². The van der Waals surface area contributed by atoms with Crippen LogP contribution < -0.4 is 0 Å². The van der Waals surface area contributed by atoms with E-state index in [1.165, 1.54) is 0 Å². The molecule has 1 fully saturated rings. The first-order chi connectivity index (χ1) is 4.99. The highest BCUT2D eigenvalue weighted by atomic mass is 32.2. The number of rotatable bonds is 4. The van der Waals surface area contributed by atoms with Gasteiger partial charge in [0.1, 0.15) is 0 Å². The minimum Gasteiger partial charge on any atom is -0.372 e. The first kappa shape index (κ1) is 9.00. The van der Waals surface area contributed by atoms with Crippen LogP contribution in [0.4, 0.5) is 0 Å². The third-order valence-corrected chi connectivity index (χ3v) is 3.48. The Morgan fingerprint density at radius 2 is 2.09 bits per heavy atom. The highest BCUT2D eigenvalue weighted by molar-refractivity contribution is 7.91. The molecule has 0 saturated carbocycles. The van der Waals surface area contributed by atoms with Crippen LogP contribution in [0.2, 0.25) is 0 Å². The van der Waals surface area contributed by atoms with E-state index in [4.69, 9.17) is 4.74 Å². The molecule has 0 aromatic rings. The SMILES string of the molecule is CC(C)CS(=O)(=O)C[C@H]1CO1. The van der Waals surface area contributed by atoms with Crippen LogP contribution in [0.1, 0.15) is 13.8 Å². The highest BCUT2D eigenvalue weighted by Crippen LogP contribution is 2.13. The van der Waals surface area contributed by atoms with Crippen molar-refractivity contribution in [2.45, 2.75) is 20.0 Å². The monoisotopic (exact) mass is 178 g/mol. The van der Waals surface area contributed by atoms with Gasteiger partial charge in [-0.1, -0.05) is 13.8 Å². The van der Waals surface area contributed by atoms with Gasteiger partial charge in [-0.15, -0.1) is 0 Å². The summed E-state index contributed by atoms with van der Waals surface area (Å²) >= 11 is 0. The molecule has 1 saturated heterocycles. The summed E-state index contributed by atoms with van der Waals surface area (Å²) in [5.41, 5.74) is 0. The maximum absolute atomic E-state index is 11.2. The van der Waals surface area contributed by atoms with E-state index in [0.717, 1.165) is 0 Å². The van der Waals surface area contributed by atoms with Crippen LogP contribution >= 0.6 is 0 Å². The Balaban J connectivity index is 2.38. The standard InChI is InChI=1S/C7H14O3S/c1-6(2)4-11(8,9)5-7-3-10-7/h6-7H,3-5H2,1-2H3/t7-/m1/s1. The Bertz CT molecular complexity index is 204. The number of ether oxygens (including phenoxy) is 1. The minimum atomic E-state index is -2.84. The average Bonchev–Trinajstić information content (AvgIpc) is 2.43. The fraction of sp³-hybridized carbons (Fsp3) is 1.00. The quantitative estimate of drug-likeness (QED) is 0.587. The lowest BCUT2D eigenvalue weighted by Gasteiger charge is -2.03. The van der Waals surface area contributed by atoms with E-state index in [2.05, 4.69) is 0 Å². The number of epoxide rings is 1. The summed E-state index contributed by atoms with van der Waals surface area (Å²) in [6, 6.07) is 0. The van der Waals surface area contributed by atoms with Crippen LogP contribution in [0, 0.1) is 5.92 Å². The van der Waals surface area contributed by atoms with Crippen LogP contribution in [-0.2, 0) is 14.6 Å². The maximum Gasteiger partial charge on any atom is 0.153 e. The summed E-state index contributed by atoms with van der Waals surface area (Å²) in [5, 5.41) is 0. The molecular weight excluding hydrogens is 164 g/mol. The zero-order chi connectivity index (χ0) is 8.48. The molecule has 0 aliphatic carbocycles. The van der Waals surface area contributed by atoms with Gasteiger partial charge in [0.25, 0.3) is 0 Å². The molecule has 0 amide bonds. The molecule has 11 heavy (non-hydrogen) atoms. The summed E-state index contributed by atoms with van der Waals surface area (Å²) in [6.45, 7) is 4.44. The van der Waals surface area contributed by atoms with Crippen LogP contribution in [0.15, 0.2) is 0 Å². The number of sulfone groups is 1. The Labute approximate surface area is 67.7 Å². The highest BCUT2D eigenvalue weighted by Gasteiger charge is 2.29. The van der Waals surface area contributed by atoms with Gasteiger partial charge >= 0.3 is 0 Å². The summed E-state index contributed by atoms with van der Waals surface area (Å²) in [5.74, 6) is 0.719. The van der Waals surface area contributed by atoms with Crippen molar-refractivity contribution in [3.63, 3.8) is 0 Å². The summed E-state index contributed by atoms with van der Waals surface area (Å²) < 4.78 is 27.3. The third kappa shape index (κ3) is 3.72. The Morgan fingerprint density at radius 1 is 1.55 bits per heavy atom. The molecule has 0 aromatic heterocycles. The molecular formula is C7H14O3S. The van der Waals surface area contributed by atoms with Gasteiger partial charge in [-0.2, -0.15) is 0 Å². The molecule has 0 bridgehead atoms. The van der Waals surface area contributed by atoms with E-state index < -0.39 is 9.84 Å². The van der Waals surface area contributed by atoms with Gasteiger partial charge in [0.15, 0.2) is 9.84 Å². The molecule has 0 N–H and O–H groups in total. The zero-order valence-corrected chi connectivity index (χ0v) is 7.73. The second kappa shape index (κ2) is 3.11. The third-order valence-electron chi connectivity index (χ3n) is 1.43. The normalized spacial score (nSPS) is 24.1. The fourth-order valence-electron chi connectivity index (χ4n) is 1.02. The van der Waals surface area contributed by atoms with Crippen molar-refractivity contribution in [3.05, 3.63) is 0 Å². The number of hydrogen-bond acceptors (Lipinski definition) is 3. The van der Waals surface area contributed by atoms with Gasteiger partial charge in [0.2, 0.25) is 0 Å². The van der Waals surface area contributed by atoms with Gasteiger partial charge in [-0.05, 0) is 5.92 Å². The Hall–Kier alpha value is -0.0900. The average molecular weight is 178 g/mol. The molecule has 1 atom stereocenters. The van der Waals surface area contributed by atoms with Crippen molar-refractivity contribution in [3.8, 4) is 0 Å². The summed E-state index contributed by atoms with van der Waals surface area (Å²) in [4.78, 5) is 0. The van der Waals surface area contributed by atoms with Crippen molar-refractivity contribution in [1.29, 1.82) is 0 Å². The summed E-state index contributed by atoms with van der Waals surface area (Å²) in [7, 11) is -2.84. The molecule has 66 valence electrons. The molecule has 0 aromatic carbocycles. The molecule has 3 nitrogen and oxygen atoms in total. The van der Waals surface area contributed by atoms with Crippen LogP contribution in [0.3, 0.4) is 0 Å². The lowest BCUT2D eigenvalue weighted by atomic mass is 10.3. The summed E-state index contributed by atoms with van der Waals surface area (Å²) in [6.07, 6.45) is -0.00116. The first-order valence-electron chi connectivity index (χ1n) is 3.81. The minimum absolute atomic E-state index is 0.00116. The van der Waals surface area contributed by atoms with Gasteiger partial charge in [0.05, 0.1) is 24.2 Å². The van der Waals surface area contributed by atoms with Crippen LogP contribution in [0.5, 0.6) is 0 Å². The fourth-order valence-corrected chi connectivity index (χ4v) is 2.93. The van der Waals surface area contributed by atoms with Crippen molar-refractivity contribution in [1.82, 2.24) is 0 Å². The van der Waals surface area contributed by atoms with Crippen molar-refractivity contribution < 1.29 is 13.2 Å². The van der Waals surface area contributed by atoms with Crippen molar-refractivity contribution in [2.24, 2.45) is 5.92 Å². The van der Waals surface area contributed by atoms with Crippen LogP contribution in [0.25, 0.3) is 0 Å². The van der Waals surface area contributed by atoms with E-state index in [1.807, 2.05) is 13.8 Å². The zero-order valence-electron chi connectivity index (χ0n) is 6.91. The molecule has 1 heterocycles. The van der Waals surface area contributed by atoms with Crippen LogP contribution in [-0.4, -0.2) is 32.6 Å². The van der Waals surface area contributed by atoms with Gasteiger partial charge in [-0.3, -0.25) is 0 Å². The molecule has 1 rings (SSSR count). The lowest BCUT2D eigenvalue weighted by Crippen LogP contribution is -2.18. The molecule has 0 spiro atoms. The molecule has 1 aliphatic rings. The molecule has 0 radical (unpaired) electrons. The van der Waals surface area contributed by atoms with E-state index >= 15 is 0 Å². The van der Waals surface area contributed by atoms with E-state index in [-0.39, 0.29) is 23.5 Å². The second-order valence-electron chi connectivity index (χ2n) is 3.43. The van der Waals surface area contributed by atoms with E-state index in [1.54, 1.807) is 0 Å². The second-order valence-corrected chi connectivity index (χ2v) is 5.58. The number of hydrogen-bond donors (Lipinski definition) is 0. The van der Waals surface area contributed by atoms with Crippen molar-refractivity contribution >= 4 is 9.84 Å². The molecule has 4 heteroatoms.